The van der Waals surface area contributed by atoms with Crippen LogP contribution in [0.5, 0.6) is 0 Å². The molecule has 1 unspecified atom stereocenters. The number of hydrogen-bond acceptors (Lipinski definition) is 3. The van der Waals surface area contributed by atoms with Gasteiger partial charge in [-0.25, -0.2) is 8.42 Å². The zero-order valence-corrected chi connectivity index (χ0v) is 13.6. The highest BCUT2D eigenvalue weighted by Crippen LogP contribution is 2.27. The highest BCUT2D eigenvalue weighted by molar-refractivity contribution is 7.89. The Morgan fingerprint density at radius 2 is 1.86 bits per heavy atom. The first-order valence-electron chi connectivity index (χ1n) is 7.69. The average molecular weight is 325 g/mol. The van der Waals surface area contributed by atoms with Gasteiger partial charge in [0.2, 0.25) is 10.0 Å². The number of rotatable bonds is 6. The first-order chi connectivity index (χ1) is 10.4. The van der Waals surface area contributed by atoms with E-state index in [-0.39, 0.29) is 5.92 Å². The van der Waals surface area contributed by atoms with Crippen molar-refractivity contribution >= 4 is 16.0 Å². The van der Waals surface area contributed by atoms with Gasteiger partial charge < -0.3 is 5.11 Å². The van der Waals surface area contributed by atoms with Gasteiger partial charge in [0.05, 0.1) is 10.8 Å². The number of hydrogen-bond donors (Lipinski definition) is 1. The molecule has 1 N–H and O–H groups in total. The summed E-state index contributed by atoms with van der Waals surface area (Å²) < 4.78 is 26.5. The van der Waals surface area contributed by atoms with Crippen molar-refractivity contribution in [3.05, 3.63) is 30.3 Å². The first-order valence-corrected chi connectivity index (χ1v) is 9.13. The summed E-state index contributed by atoms with van der Waals surface area (Å²) in [5, 5.41) is 8.90. The van der Waals surface area contributed by atoms with E-state index in [1.54, 1.807) is 41.6 Å². The summed E-state index contributed by atoms with van der Waals surface area (Å²) in [6.07, 6.45) is 3.12. The van der Waals surface area contributed by atoms with Gasteiger partial charge in [0.25, 0.3) is 0 Å². The summed E-state index contributed by atoms with van der Waals surface area (Å²) in [5.41, 5.74) is 0. The topological polar surface area (TPSA) is 74.7 Å². The van der Waals surface area contributed by atoms with Crippen LogP contribution in [0.2, 0.25) is 0 Å². The van der Waals surface area contributed by atoms with E-state index in [4.69, 9.17) is 5.11 Å². The fraction of sp³-hybridized carbons (Fsp3) is 0.562. The van der Waals surface area contributed by atoms with Gasteiger partial charge in [-0.1, -0.05) is 25.1 Å². The molecular formula is C16H23NO4S. The Kier molecular flexibility index (Phi) is 5.58. The largest absolute Gasteiger partial charge is 0.481 e. The SMILES string of the molecule is CC(CCC1CCN(S(=O)(=O)c2ccccc2)CC1)C(=O)O. The molecule has 1 saturated heterocycles. The van der Waals surface area contributed by atoms with Crippen LogP contribution in [0.1, 0.15) is 32.6 Å². The third-order valence-corrected chi connectivity index (χ3v) is 6.30. The summed E-state index contributed by atoms with van der Waals surface area (Å²) in [6.45, 7) is 2.75. The van der Waals surface area contributed by atoms with Gasteiger partial charge in [0, 0.05) is 13.1 Å². The van der Waals surface area contributed by atoms with Crippen LogP contribution in [0.3, 0.4) is 0 Å². The smallest absolute Gasteiger partial charge is 0.306 e. The van der Waals surface area contributed by atoms with Crippen molar-refractivity contribution in [2.45, 2.75) is 37.5 Å². The first kappa shape index (κ1) is 17.0. The van der Waals surface area contributed by atoms with Crippen molar-refractivity contribution in [3.8, 4) is 0 Å². The maximum atomic E-state index is 12.5. The monoisotopic (exact) mass is 325 g/mol. The van der Waals surface area contributed by atoms with Crippen molar-refractivity contribution in [2.24, 2.45) is 11.8 Å². The molecule has 0 radical (unpaired) electrons. The maximum Gasteiger partial charge on any atom is 0.306 e. The van der Waals surface area contributed by atoms with Crippen molar-refractivity contribution < 1.29 is 18.3 Å². The number of carbonyl (C=O) groups is 1. The van der Waals surface area contributed by atoms with E-state index in [0.29, 0.717) is 30.3 Å². The minimum atomic E-state index is -3.39. The third kappa shape index (κ3) is 4.08. The second-order valence-corrected chi connectivity index (χ2v) is 7.92. The Bertz CT molecular complexity index is 592. The van der Waals surface area contributed by atoms with Crippen LogP contribution in [0, 0.1) is 11.8 Å². The number of sulfonamides is 1. The van der Waals surface area contributed by atoms with E-state index < -0.39 is 16.0 Å². The van der Waals surface area contributed by atoms with E-state index in [0.717, 1.165) is 19.3 Å². The number of benzene rings is 1. The molecule has 2 rings (SSSR count). The van der Waals surface area contributed by atoms with E-state index >= 15 is 0 Å². The number of carboxylic acid groups (broad SMARTS) is 1. The molecule has 0 amide bonds. The fourth-order valence-electron chi connectivity index (χ4n) is 2.79. The van der Waals surface area contributed by atoms with Crippen LogP contribution in [-0.2, 0) is 14.8 Å². The molecule has 5 nitrogen and oxygen atoms in total. The van der Waals surface area contributed by atoms with Crippen molar-refractivity contribution in [1.82, 2.24) is 4.31 Å². The van der Waals surface area contributed by atoms with Crippen LogP contribution in [0.25, 0.3) is 0 Å². The van der Waals surface area contributed by atoms with E-state index in [2.05, 4.69) is 0 Å². The quantitative estimate of drug-likeness (QED) is 0.872. The zero-order chi connectivity index (χ0) is 16.2. The van der Waals surface area contributed by atoms with Gasteiger partial charge in [-0.05, 0) is 43.7 Å². The Hall–Kier alpha value is -1.40. The molecule has 1 heterocycles. The highest BCUT2D eigenvalue weighted by Gasteiger charge is 2.29. The molecule has 1 aliphatic heterocycles. The molecule has 0 aliphatic carbocycles. The fourth-order valence-corrected chi connectivity index (χ4v) is 4.28. The predicted octanol–water partition coefficient (Wildman–Crippen LogP) is 2.59. The average Bonchev–Trinajstić information content (AvgIpc) is 2.53. The molecule has 0 bridgehead atoms. The van der Waals surface area contributed by atoms with Gasteiger partial charge in [-0.3, -0.25) is 4.79 Å². The van der Waals surface area contributed by atoms with Crippen molar-refractivity contribution in [3.63, 3.8) is 0 Å². The van der Waals surface area contributed by atoms with Gasteiger partial charge in [0.1, 0.15) is 0 Å². The molecule has 1 atom stereocenters. The van der Waals surface area contributed by atoms with E-state index in [1.165, 1.54) is 0 Å². The molecule has 22 heavy (non-hydrogen) atoms. The summed E-state index contributed by atoms with van der Waals surface area (Å²) in [4.78, 5) is 11.2. The molecule has 0 spiro atoms. The Labute approximate surface area is 132 Å². The number of nitrogens with zero attached hydrogens (tertiary/aromatic N) is 1. The number of piperidine rings is 1. The number of carboxylic acids is 1. The van der Waals surface area contributed by atoms with Crippen molar-refractivity contribution in [2.75, 3.05) is 13.1 Å². The Morgan fingerprint density at radius 1 is 1.27 bits per heavy atom. The predicted molar refractivity (Wildman–Crippen MR) is 84.0 cm³/mol. The van der Waals surface area contributed by atoms with Crippen molar-refractivity contribution in [1.29, 1.82) is 0 Å². The lowest BCUT2D eigenvalue weighted by atomic mass is 9.90. The molecule has 6 heteroatoms. The second kappa shape index (κ2) is 7.24. The van der Waals surface area contributed by atoms with Gasteiger partial charge in [-0.2, -0.15) is 4.31 Å². The van der Waals surface area contributed by atoms with Crippen LogP contribution < -0.4 is 0 Å². The molecule has 0 saturated carbocycles. The maximum absolute atomic E-state index is 12.5. The second-order valence-electron chi connectivity index (χ2n) is 5.98. The molecule has 1 aliphatic rings. The summed E-state index contributed by atoms with van der Waals surface area (Å²) in [6, 6.07) is 8.50. The summed E-state index contributed by atoms with van der Waals surface area (Å²) in [5.74, 6) is -0.667. The van der Waals surface area contributed by atoms with Gasteiger partial charge in [-0.15, -0.1) is 0 Å². The Balaban J connectivity index is 1.88. The van der Waals surface area contributed by atoms with Crippen LogP contribution in [-0.4, -0.2) is 36.9 Å². The van der Waals surface area contributed by atoms with Gasteiger partial charge in [0.15, 0.2) is 0 Å². The van der Waals surface area contributed by atoms with Crippen LogP contribution in [0.4, 0.5) is 0 Å². The lowest BCUT2D eigenvalue weighted by molar-refractivity contribution is -0.141. The van der Waals surface area contributed by atoms with Crippen LogP contribution in [0.15, 0.2) is 35.2 Å². The minimum absolute atomic E-state index is 0.328. The standard InChI is InChI=1S/C16H23NO4S/c1-13(16(18)19)7-8-14-9-11-17(12-10-14)22(20,21)15-5-3-2-4-6-15/h2-6,13-14H,7-12H2,1H3,(H,18,19). The third-order valence-electron chi connectivity index (χ3n) is 4.38. The minimum Gasteiger partial charge on any atom is -0.481 e. The number of aliphatic carboxylic acids is 1. The highest BCUT2D eigenvalue weighted by atomic mass is 32.2. The molecule has 1 aromatic carbocycles. The van der Waals surface area contributed by atoms with Crippen LogP contribution >= 0.6 is 0 Å². The molecular weight excluding hydrogens is 302 g/mol. The van der Waals surface area contributed by atoms with Gasteiger partial charge >= 0.3 is 5.97 Å². The Morgan fingerprint density at radius 3 is 2.41 bits per heavy atom. The molecule has 122 valence electrons. The normalized spacial score (nSPS) is 19.0. The van der Waals surface area contributed by atoms with E-state index in [1.807, 2.05) is 0 Å². The van der Waals surface area contributed by atoms with E-state index in [9.17, 15) is 13.2 Å². The lowest BCUT2D eigenvalue weighted by Gasteiger charge is -2.31. The lowest BCUT2D eigenvalue weighted by Crippen LogP contribution is -2.38. The zero-order valence-electron chi connectivity index (χ0n) is 12.8. The molecule has 1 aromatic rings. The molecule has 0 aromatic heterocycles. The molecule has 1 fully saturated rings. The summed E-state index contributed by atoms with van der Waals surface area (Å²) >= 11 is 0. The summed E-state index contributed by atoms with van der Waals surface area (Å²) in [7, 11) is -3.39.